The van der Waals surface area contributed by atoms with Crippen LogP contribution >= 0.6 is 0 Å². The van der Waals surface area contributed by atoms with Crippen molar-refractivity contribution in [2.45, 2.75) is 38.5 Å². The van der Waals surface area contributed by atoms with Crippen LogP contribution in [0, 0.1) is 11.8 Å². The standard InChI is InChI=1S/C14H18/c1-3-7-13-11(5-1)9-10-12-6-2-4-8-14(12)13/h1,5,9-10,13-14H,2-4,6-8H2/t13-,14-/m1/s1. The summed E-state index contributed by atoms with van der Waals surface area (Å²) in [6.07, 6.45) is 17.9. The van der Waals surface area contributed by atoms with Crippen LogP contribution < -0.4 is 0 Å². The average Bonchev–Trinajstić information content (AvgIpc) is 2.29. The van der Waals surface area contributed by atoms with Crippen molar-refractivity contribution in [3.05, 3.63) is 35.5 Å². The van der Waals surface area contributed by atoms with E-state index < -0.39 is 0 Å². The van der Waals surface area contributed by atoms with Gasteiger partial charge >= 0.3 is 0 Å². The third kappa shape index (κ3) is 1.28. The minimum atomic E-state index is 0.875. The Labute approximate surface area is 86.4 Å². The summed E-state index contributed by atoms with van der Waals surface area (Å²) in [5.74, 6) is 1.79. The van der Waals surface area contributed by atoms with E-state index in [0.29, 0.717) is 0 Å². The van der Waals surface area contributed by atoms with Crippen LogP contribution in [-0.2, 0) is 0 Å². The summed E-state index contributed by atoms with van der Waals surface area (Å²) >= 11 is 0. The van der Waals surface area contributed by atoms with Crippen LogP contribution in [0.1, 0.15) is 38.5 Å². The molecule has 3 aliphatic carbocycles. The normalized spacial score (nSPS) is 35.4. The monoisotopic (exact) mass is 186 g/mol. The van der Waals surface area contributed by atoms with Crippen LogP contribution in [0.2, 0.25) is 0 Å². The number of rotatable bonds is 0. The fourth-order valence-corrected chi connectivity index (χ4v) is 3.33. The molecule has 0 saturated heterocycles. The van der Waals surface area contributed by atoms with Crippen molar-refractivity contribution in [3.63, 3.8) is 0 Å². The summed E-state index contributed by atoms with van der Waals surface area (Å²) < 4.78 is 0. The van der Waals surface area contributed by atoms with Crippen molar-refractivity contribution in [1.82, 2.24) is 0 Å². The van der Waals surface area contributed by atoms with Crippen LogP contribution in [0.25, 0.3) is 0 Å². The number of allylic oxidation sites excluding steroid dienone is 6. The van der Waals surface area contributed by atoms with E-state index in [9.17, 15) is 0 Å². The van der Waals surface area contributed by atoms with Crippen molar-refractivity contribution >= 4 is 0 Å². The first-order chi connectivity index (χ1) is 6.95. The predicted octanol–water partition coefficient (Wildman–Crippen LogP) is 4.01. The molecule has 0 aliphatic heterocycles. The molecule has 74 valence electrons. The van der Waals surface area contributed by atoms with Crippen LogP contribution in [0.4, 0.5) is 0 Å². The number of fused-ring (bicyclic) bond motifs is 3. The highest BCUT2D eigenvalue weighted by atomic mass is 14.4. The van der Waals surface area contributed by atoms with Gasteiger partial charge in [0.25, 0.3) is 0 Å². The van der Waals surface area contributed by atoms with Gasteiger partial charge in [-0.15, -0.1) is 0 Å². The van der Waals surface area contributed by atoms with Gasteiger partial charge in [0, 0.05) is 0 Å². The molecule has 3 aliphatic rings. The van der Waals surface area contributed by atoms with Crippen molar-refractivity contribution in [1.29, 1.82) is 0 Å². The SMILES string of the molecule is C1=CC2=CC=C3CCCC[C@H]3[C@@H]2CC1. The molecule has 0 heterocycles. The zero-order valence-electron chi connectivity index (χ0n) is 8.71. The largest absolute Gasteiger partial charge is 0.0842 e. The maximum Gasteiger partial charge on any atom is -0.00934 e. The summed E-state index contributed by atoms with van der Waals surface area (Å²) in [4.78, 5) is 0. The summed E-state index contributed by atoms with van der Waals surface area (Å²) in [6, 6.07) is 0. The second-order valence-corrected chi connectivity index (χ2v) is 4.85. The van der Waals surface area contributed by atoms with Gasteiger partial charge in [-0.2, -0.15) is 0 Å². The molecule has 3 rings (SSSR count). The van der Waals surface area contributed by atoms with E-state index in [0.717, 1.165) is 11.8 Å². The molecule has 0 amide bonds. The molecule has 14 heavy (non-hydrogen) atoms. The predicted molar refractivity (Wildman–Crippen MR) is 60.0 cm³/mol. The van der Waals surface area contributed by atoms with E-state index in [-0.39, 0.29) is 0 Å². The molecule has 0 aromatic carbocycles. The van der Waals surface area contributed by atoms with Gasteiger partial charge in [-0.1, -0.05) is 36.3 Å². The summed E-state index contributed by atoms with van der Waals surface area (Å²) in [7, 11) is 0. The Morgan fingerprint density at radius 1 is 1.00 bits per heavy atom. The van der Waals surface area contributed by atoms with Crippen LogP contribution in [0.15, 0.2) is 35.5 Å². The number of hydrogen-bond acceptors (Lipinski definition) is 0. The van der Waals surface area contributed by atoms with E-state index in [4.69, 9.17) is 0 Å². The summed E-state index contributed by atoms with van der Waals surface area (Å²) in [5, 5.41) is 0. The van der Waals surface area contributed by atoms with Crippen molar-refractivity contribution < 1.29 is 0 Å². The third-order valence-corrected chi connectivity index (χ3v) is 4.07. The van der Waals surface area contributed by atoms with Gasteiger partial charge in [0.1, 0.15) is 0 Å². The quantitative estimate of drug-likeness (QED) is 0.536. The molecule has 0 aromatic rings. The zero-order chi connectivity index (χ0) is 9.38. The van der Waals surface area contributed by atoms with Crippen molar-refractivity contribution in [2.24, 2.45) is 11.8 Å². The first-order valence-electron chi connectivity index (χ1n) is 6.02. The van der Waals surface area contributed by atoms with Crippen LogP contribution in [0.3, 0.4) is 0 Å². The van der Waals surface area contributed by atoms with Gasteiger partial charge < -0.3 is 0 Å². The van der Waals surface area contributed by atoms with Gasteiger partial charge in [-0.05, 0) is 49.5 Å². The minimum absolute atomic E-state index is 0.875. The first-order valence-corrected chi connectivity index (χ1v) is 6.02. The zero-order valence-corrected chi connectivity index (χ0v) is 8.71. The van der Waals surface area contributed by atoms with E-state index >= 15 is 0 Å². The highest BCUT2D eigenvalue weighted by Gasteiger charge is 2.31. The second kappa shape index (κ2) is 3.42. The number of hydrogen-bond donors (Lipinski definition) is 0. The third-order valence-electron chi connectivity index (χ3n) is 4.07. The highest BCUT2D eigenvalue weighted by molar-refractivity contribution is 5.37. The summed E-state index contributed by atoms with van der Waals surface area (Å²) in [5.41, 5.74) is 3.35. The van der Waals surface area contributed by atoms with Crippen LogP contribution in [-0.4, -0.2) is 0 Å². The summed E-state index contributed by atoms with van der Waals surface area (Å²) in [6.45, 7) is 0. The minimum Gasteiger partial charge on any atom is -0.0842 e. The van der Waals surface area contributed by atoms with Gasteiger partial charge in [-0.3, -0.25) is 0 Å². The molecule has 0 unspecified atom stereocenters. The Kier molecular flexibility index (Phi) is 2.08. The molecule has 0 aromatic heterocycles. The molecule has 0 spiro atoms. The molecule has 1 saturated carbocycles. The van der Waals surface area contributed by atoms with Crippen molar-refractivity contribution in [3.8, 4) is 0 Å². The molecule has 0 bridgehead atoms. The van der Waals surface area contributed by atoms with E-state index in [1.165, 1.54) is 38.5 Å². The Hall–Kier alpha value is -0.780. The van der Waals surface area contributed by atoms with Crippen molar-refractivity contribution in [2.75, 3.05) is 0 Å². The molecule has 1 fully saturated rings. The fraction of sp³-hybridized carbons (Fsp3) is 0.571. The Morgan fingerprint density at radius 2 is 2.00 bits per heavy atom. The Morgan fingerprint density at radius 3 is 3.00 bits per heavy atom. The smallest absolute Gasteiger partial charge is 0.00934 e. The Balaban J connectivity index is 1.95. The van der Waals surface area contributed by atoms with Gasteiger partial charge in [0.15, 0.2) is 0 Å². The fourth-order valence-electron chi connectivity index (χ4n) is 3.33. The lowest BCUT2D eigenvalue weighted by Crippen LogP contribution is -2.25. The lowest BCUT2D eigenvalue weighted by molar-refractivity contribution is 0.332. The Bertz CT molecular complexity index is 317. The van der Waals surface area contributed by atoms with E-state index in [1.54, 1.807) is 11.1 Å². The van der Waals surface area contributed by atoms with E-state index in [1.807, 2.05) is 0 Å². The van der Waals surface area contributed by atoms with Gasteiger partial charge in [0.05, 0.1) is 0 Å². The first kappa shape index (κ1) is 8.52. The highest BCUT2D eigenvalue weighted by Crippen LogP contribution is 2.44. The molecular weight excluding hydrogens is 168 g/mol. The maximum absolute atomic E-state index is 2.41. The second-order valence-electron chi connectivity index (χ2n) is 4.85. The van der Waals surface area contributed by atoms with E-state index in [2.05, 4.69) is 24.3 Å². The molecule has 2 atom stereocenters. The molecule has 0 heteroatoms. The average molecular weight is 186 g/mol. The molecule has 0 radical (unpaired) electrons. The lowest BCUT2D eigenvalue weighted by atomic mass is 9.68. The maximum atomic E-state index is 2.41. The lowest BCUT2D eigenvalue weighted by Gasteiger charge is -2.37. The van der Waals surface area contributed by atoms with Gasteiger partial charge in [-0.25, -0.2) is 0 Å². The molecule has 0 nitrogen and oxygen atoms in total. The molecule has 0 N–H and O–H groups in total. The van der Waals surface area contributed by atoms with Crippen LogP contribution in [0.5, 0.6) is 0 Å². The van der Waals surface area contributed by atoms with Gasteiger partial charge in [0.2, 0.25) is 0 Å². The topological polar surface area (TPSA) is 0 Å². The molecular formula is C14H18.